The van der Waals surface area contributed by atoms with Crippen LogP contribution in [0.3, 0.4) is 0 Å². The molecular weight excluding hydrogens is 1340 g/mol. The van der Waals surface area contributed by atoms with Crippen LogP contribution in [-0.2, 0) is 35.2 Å². The zero-order valence-corrected chi connectivity index (χ0v) is 61.2. The summed E-state index contributed by atoms with van der Waals surface area (Å²) in [6.45, 7) is 26.7. The lowest BCUT2D eigenvalue weighted by atomic mass is 9.89. The first kappa shape index (κ1) is 79.3. The lowest BCUT2D eigenvalue weighted by Gasteiger charge is -2.25. The highest BCUT2D eigenvalue weighted by Crippen LogP contribution is 2.37. The highest BCUT2D eigenvalue weighted by Gasteiger charge is 2.32. The summed E-state index contributed by atoms with van der Waals surface area (Å²) in [5.41, 5.74) is 7.49. The summed E-state index contributed by atoms with van der Waals surface area (Å²) in [5, 5.41) is 38.7. The van der Waals surface area contributed by atoms with E-state index in [9.17, 15) is 58.5 Å². The van der Waals surface area contributed by atoms with E-state index >= 15 is 8.78 Å². The fourth-order valence-corrected chi connectivity index (χ4v) is 13.4. The van der Waals surface area contributed by atoms with E-state index in [1.54, 1.807) is 37.5 Å². The van der Waals surface area contributed by atoms with Crippen molar-refractivity contribution < 1.29 is 52.9 Å². The Hall–Kier alpha value is -11.4. The predicted octanol–water partition coefficient (Wildman–Crippen LogP) is 13.4. The molecule has 0 bridgehead atoms. The van der Waals surface area contributed by atoms with Crippen molar-refractivity contribution in [1.29, 1.82) is 0 Å². The summed E-state index contributed by atoms with van der Waals surface area (Å²) in [7, 11) is 0. The molecule has 3 aromatic carbocycles. The normalized spacial score (nSPS) is 13.5. The van der Waals surface area contributed by atoms with Crippen LogP contribution >= 0.6 is 0 Å². The number of hydrogen-bond acceptors (Lipinski definition) is 12. The van der Waals surface area contributed by atoms with E-state index < -0.39 is 125 Å². The summed E-state index contributed by atoms with van der Waals surface area (Å²) in [6.07, 6.45) is 11.7. The van der Waals surface area contributed by atoms with Gasteiger partial charge in [-0.1, -0.05) is 84.5 Å². The molecule has 0 aliphatic rings. The number of carboxylic acid groups (broad SMARTS) is 3. The minimum atomic E-state index is -1.29. The van der Waals surface area contributed by atoms with E-state index in [1.165, 1.54) is 93.5 Å². The molecule has 0 fully saturated rings. The molecule has 0 saturated carbocycles. The number of aliphatic imine (C=N–C) groups is 1. The number of carboxylic acids is 3. The lowest BCUT2D eigenvalue weighted by Crippen LogP contribution is -2.44. The minimum Gasteiger partial charge on any atom is -0.481 e. The number of aryl methyl sites for hydroxylation is 4. The number of halogens is 2. The van der Waals surface area contributed by atoms with Gasteiger partial charge >= 0.3 is 17.9 Å². The standard InChI is InChI=1S/C82H91F2N9O12/c1-45(2)27-67(80(103)88-64(36-73(97)98)52(11)39-85-40-53(12)76-49(8)15-14-16-50(76)9)93-26-23-56(35-72(93)96)62-19-17-51(10)77(54(62)13)60-33-58(41-86-43-60)65(37-74(99)100)89-82(105)69(29-47(5)6)92-25-22-55(32-71(92)95)31-57-18-20-63(83)78(79(57)84)61-34-59(42-87-44-61)66(38-75(101)102)90-81(104)68(28-46(3)4)91-24-21-48(7)30-70(91)94/h14-26,30,32-35,39-47,64-69H,11,27-29,31,36-38H2,1-10,12-13H3,(H,88,103)(H,89,105)(H,90,104)(H,97,98)(H,99,100)(H,101,102)/b53-40+,85-39?/t64-,65+,66+,67?,68?,69?/m1/s1. The summed E-state index contributed by atoms with van der Waals surface area (Å²) >= 11 is 0. The van der Waals surface area contributed by atoms with Gasteiger partial charge in [0.2, 0.25) is 17.7 Å². The van der Waals surface area contributed by atoms with E-state index in [1.807, 2.05) is 106 Å². The second kappa shape index (κ2) is 35.2. The fraction of sp³-hybridized carbons (Fsp3) is 0.341. The Balaban J connectivity index is 1.01. The van der Waals surface area contributed by atoms with Crippen LogP contribution in [-0.4, -0.2) is 86.9 Å². The van der Waals surface area contributed by atoms with Crippen LogP contribution in [0.5, 0.6) is 0 Å². The van der Waals surface area contributed by atoms with Gasteiger partial charge in [-0.2, -0.15) is 0 Å². The van der Waals surface area contributed by atoms with E-state index in [0.717, 1.165) is 39.5 Å². The van der Waals surface area contributed by atoms with E-state index in [4.69, 9.17) is 0 Å². The number of hydrogen-bond donors (Lipinski definition) is 6. The van der Waals surface area contributed by atoms with Crippen molar-refractivity contribution in [3.05, 3.63) is 251 Å². The predicted molar refractivity (Wildman–Crippen MR) is 401 cm³/mol. The van der Waals surface area contributed by atoms with Crippen molar-refractivity contribution in [1.82, 2.24) is 39.6 Å². The largest absolute Gasteiger partial charge is 0.481 e. The van der Waals surface area contributed by atoms with Crippen LogP contribution in [0.25, 0.3) is 39.0 Å². The van der Waals surface area contributed by atoms with Crippen molar-refractivity contribution in [2.24, 2.45) is 22.7 Å². The maximum Gasteiger partial charge on any atom is 0.305 e. The molecule has 0 spiro atoms. The number of nitrogens with zero attached hydrogens (tertiary/aromatic N) is 6. The van der Waals surface area contributed by atoms with Crippen LogP contribution in [0.15, 0.2) is 172 Å². The number of rotatable bonds is 32. The maximum absolute atomic E-state index is 16.8. The average molecular weight is 1430 g/mol. The van der Waals surface area contributed by atoms with E-state index in [-0.39, 0.29) is 65.7 Å². The van der Waals surface area contributed by atoms with Gasteiger partial charge in [-0.05, 0) is 198 Å². The van der Waals surface area contributed by atoms with Crippen molar-refractivity contribution in [3.8, 4) is 33.4 Å². The van der Waals surface area contributed by atoms with Crippen LogP contribution in [0.2, 0.25) is 0 Å². The Labute approximate surface area is 608 Å². The molecule has 0 aliphatic heterocycles. The molecule has 3 unspecified atom stereocenters. The summed E-state index contributed by atoms with van der Waals surface area (Å²) in [4.78, 5) is 135. The third-order valence-corrected chi connectivity index (χ3v) is 18.4. The van der Waals surface area contributed by atoms with E-state index in [0.29, 0.717) is 38.9 Å². The summed E-state index contributed by atoms with van der Waals surface area (Å²) in [5.74, 6) is -7.91. The molecule has 0 radical (unpaired) electrons. The highest BCUT2D eigenvalue weighted by atomic mass is 19.1. The van der Waals surface area contributed by atoms with Gasteiger partial charge in [-0.25, -0.2) is 8.78 Å². The van der Waals surface area contributed by atoms with Crippen molar-refractivity contribution in [3.63, 3.8) is 0 Å². The van der Waals surface area contributed by atoms with Gasteiger partial charge in [0.15, 0.2) is 0 Å². The Morgan fingerprint density at radius 3 is 1.53 bits per heavy atom. The molecule has 550 valence electrons. The third-order valence-electron chi connectivity index (χ3n) is 18.4. The quantitative estimate of drug-likeness (QED) is 0.0214. The molecule has 6 N–H and O–H groups in total. The Bertz CT molecular complexity index is 4860. The third kappa shape index (κ3) is 20.3. The van der Waals surface area contributed by atoms with Crippen molar-refractivity contribution >= 4 is 47.4 Å². The summed E-state index contributed by atoms with van der Waals surface area (Å²) < 4.78 is 36.6. The van der Waals surface area contributed by atoms with E-state index in [2.05, 4.69) is 37.5 Å². The monoisotopic (exact) mass is 1430 g/mol. The first-order valence-corrected chi connectivity index (χ1v) is 34.8. The molecule has 23 heteroatoms. The number of aromatic nitrogens is 5. The van der Waals surface area contributed by atoms with Gasteiger partial charge in [0, 0.05) is 91.5 Å². The summed E-state index contributed by atoms with van der Waals surface area (Å²) in [6, 6.07) is 17.3. The van der Waals surface area contributed by atoms with Gasteiger partial charge in [-0.15, -0.1) is 0 Å². The van der Waals surface area contributed by atoms with Crippen LogP contribution < -0.4 is 32.6 Å². The molecule has 5 aromatic heterocycles. The number of benzene rings is 3. The van der Waals surface area contributed by atoms with Gasteiger partial charge < -0.3 is 45.0 Å². The smallest absolute Gasteiger partial charge is 0.305 e. The molecule has 5 heterocycles. The highest BCUT2D eigenvalue weighted by molar-refractivity contribution is 5.88. The number of aliphatic carboxylic acids is 3. The van der Waals surface area contributed by atoms with Gasteiger partial charge in [0.25, 0.3) is 16.7 Å². The maximum atomic E-state index is 16.8. The molecular formula is C82H91F2N9O12. The first-order chi connectivity index (χ1) is 49.7. The Morgan fingerprint density at radius 1 is 0.552 bits per heavy atom. The van der Waals surface area contributed by atoms with Gasteiger partial charge in [-0.3, -0.25) is 58.1 Å². The van der Waals surface area contributed by atoms with Crippen LogP contribution in [0.4, 0.5) is 8.78 Å². The fourth-order valence-electron chi connectivity index (χ4n) is 13.4. The minimum absolute atomic E-state index is 0.0330. The number of carbonyl (C=O) groups is 6. The topological polar surface area (TPSA) is 303 Å². The SMILES string of the molecule is C=C(C=N/C=C(\C)c1c(C)cccc1C)[C@@H](CC(=O)O)NC(=O)C(CC(C)C)n1ccc(-c2ccc(C)c(-c3cncc([C@H](CC(=O)O)NC(=O)C(CC(C)C)n4ccc(Cc5ccc(F)c(-c6cncc([C@H](CC(=O)O)NC(=O)C(CC(C)C)n7ccc(C)cc7=O)c6)c5F)cc4=O)c3)c2C)cc1=O. The van der Waals surface area contributed by atoms with Crippen LogP contribution in [0.1, 0.15) is 173 Å². The first-order valence-electron chi connectivity index (χ1n) is 34.8. The molecule has 3 amide bonds. The molecule has 8 aromatic rings. The van der Waals surface area contributed by atoms with Gasteiger partial charge in [0.05, 0.1) is 43.0 Å². The molecule has 0 aliphatic carbocycles. The lowest BCUT2D eigenvalue weighted by molar-refractivity contribution is -0.139. The molecule has 0 saturated heterocycles. The number of carbonyl (C=O) groups excluding carboxylic acids is 3. The molecule has 6 atom stereocenters. The second-order valence-corrected chi connectivity index (χ2v) is 28.3. The Kier molecular flexibility index (Phi) is 26.6. The van der Waals surface area contributed by atoms with Crippen molar-refractivity contribution in [2.45, 2.75) is 164 Å². The zero-order chi connectivity index (χ0) is 76.8. The number of amides is 3. The Morgan fingerprint density at radius 2 is 1.04 bits per heavy atom. The second-order valence-electron chi connectivity index (χ2n) is 28.3. The number of nitrogens with one attached hydrogen (secondary N) is 3. The van der Waals surface area contributed by atoms with Crippen LogP contribution in [0, 0.1) is 64.0 Å². The number of pyridine rings is 5. The average Bonchev–Trinajstić information content (AvgIpc) is 0.789. The number of allylic oxidation sites excluding steroid dienone is 1. The molecule has 21 nitrogen and oxygen atoms in total. The van der Waals surface area contributed by atoms with Crippen molar-refractivity contribution in [2.75, 3.05) is 0 Å². The molecule has 105 heavy (non-hydrogen) atoms. The molecule has 8 rings (SSSR count). The zero-order valence-electron chi connectivity index (χ0n) is 61.2. The van der Waals surface area contributed by atoms with Gasteiger partial charge in [0.1, 0.15) is 29.8 Å².